The Morgan fingerprint density at radius 3 is 2.15 bits per heavy atom. The molecule has 0 bridgehead atoms. The highest BCUT2D eigenvalue weighted by atomic mass is 35.5. The van der Waals surface area contributed by atoms with Gasteiger partial charge in [0, 0.05) is 15.1 Å². The molecule has 114 valence electrons. The fourth-order valence-corrected chi connectivity index (χ4v) is 3.09. The van der Waals surface area contributed by atoms with E-state index in [9.17, 15) is 0 Å². The number of benzene rings is 1. The second-order valence-corrected chi connectivity index (χ2v) is 7.13. The lowest BCUT2D eigenvalue weighted by atomic mass is 9.98. The maximum absolute atomic E-state index is 6.20. The first kappa shape index (κ1) is 18.1. The SMILES string of the molecule is CC(C)CNCCC(C)CCc1c(Cl)cc(Cl)cc1Cl. The van der Waals surface area contributed by atoms with E-state index in [0.717, 1.165) is 31.5 Å². The highest BCUT2D eigenvalue weighted by molar-refractivity contribution is 6.39. The molecule has 0 aliphatic carbocycles. The van der Waals surface area contributed by atoms with Gasteiger partial charge in [-0.1, -0.05) is 55.6 Å². The van der Waals surface area contributed by atoms with Gasteiger partial charge in [0.15, 0.2) is 0 Å². The van der Waals surface area contributed by atoms with Crippen molar-refractivity contribution in [2.24, 2.45) is 11.8 Å². The zero-order valence-corrected chi connectivity index (χ0v) is 14.7. The number of nitrogens with one attached hydrogen (secondary N) is 1. The fourth-order valence-electron chi connectivity index (χ4n) is 2.09. The van der Waals surface area contributed by atoms with Gasteiger partial charge in [-0.05, 0) is 61.9 Å². The highest BCUT2D eigenvalue weighted by Gasteiger charge is 2.10. The van der Waals surface area contributed by atoms with Crippen molar-refractivity contribution in [2.75, 3.05) is 13.1 Å². The van der Waals surface area contributed by atoms with E-state index < -0.39 is 0 Å². The van der Waals surface area contributed by atoms with E-state index in [1.54, 1.807) is 12.1 Å². The maximum atomic E-state index is 6.20. The minimum Gasteiger partial charge on any atom is -0.316 e. The van der Waals surface area contributed by atoms with Crippen LogP contribution in [-0.2, 0) is 6.42 Å². The molecular formula is C16H24Cl3N. The van der Waals surface area contributed by atoms with Crippen molar-refractivity contribution in [3.63, 3.8) is 0 Å². The molecule has 1 atom stereocenters. The smallest absolute Gasteiger partial charge is 0.0467 e. The Bertz CT molecular complexity index is 395. The van der Waals surface area contributed by atoms with Gasteiger partial charge in [-0.2, -0.15) is 0 Å². The van der Waals surface area contributed by atoms with E-state index >= 15 is 0 Å². The lowest BCUT2D eigenvalue weighted by Crippen LogP contribution is -2.22. The molecule has 0 aliphatic rings. The molecule has 4 heteroatoms. The summed E-state index contributed by atoms with van der Waals surface area (Å²) >= 11 is 18.3. The summed E-state index contributed by atoms with van der Waals surface area (Å²) in [4.78, 5) is 0. The Labute approximate surface area is 138 Å². The summed E-state index contributed by atoms with van der Waals surface area (Å²) in [7, 11) is 0. The van der Waals surface area contributed by atoms with Gasteiger partial charge in [-0.25, -0.2) is 0 Å². The Balaban J connectivity index is 2.36. The van der Waals surface area contributed by atoms with Crippen LogP contribution < -0.4 is 5.32 Å². The van der Waals surface area contributed by atoms with Gasteiger partial charge in [0.05, 0.1) is 0 Å². The molecule has 1 unspecified atom stereocenters. The number of hydrogen-bond donors (Lipinski definition) is 1. The van der Waals surface area contributed by atoms with Crippen molar-refractivity contribution in [3.8, 4) is 0 Å². The molecule has 0 aliphatic heterocycles. The summed E-state index contributed by atoms with van der Waals surface area (Å²) in [6.07, 6.45) is 3.17. The largest absolute Gasteiger partial charge is 0.316 e. The molecule has 0 heterocycles. The van der Waals surface area contributed by atoms with Crippen molar-refractivity contribution in [1.82, 2.24) is 5.32 Å². The van der Waals surface area contributed by atoms with Gasteiger partial charge in [0.2, 0.25) is 0 Å². The van der Waals surface area contributed by atoms with E-state index in [1.807, 2.05) is 0 Å². The predicted molar refractivity (Wildman–Crippen MR) is 91.3 cm³/mol. The molecule has 1 nitrogen and oxygen atoms in total. The van der Waals surface area contributed by atoms with Crippen LogP contribution in [0.15, 0.2) is 12.1 Å². The van der Waals surface area contributed by atoms with Crippen LogP contribution >= 0.6 is 34.8 Å². The van der Waals surface area contributed by atoms with E-state index in [2.05, 4.69) is 26.1 Å². The molecule has 0 saturated heterocycles. The Hall–Kier alpha value is 0.0500. The van der Waals surface area contributed by atoms with E-state index in [-0.39, 0.29) is 0 Å². The summed E-state index contributed by atoms with van der Waals surface area (Å²) < 4.78 is 0. The van der Waals surface area contributed by atoms with Crippen molar-refractivity contribution in [3.05, 3.63) is 32.8 Å². The lowest BCUT2D eigenvalue weighted by molar-refractivity contribution is 0.454. The Morgan fingerprint density at radius 2 is 1.60 bits per heavy atom. The van der Waals surface area contributed by atoms with Crippen LogP contribution in [0.25, 0.3) is 0 Å². The van der Waals surface area contributed by atoms with Crippen LogP contribution in [0.5, 0.6) is 0 Å². The molecule has 1 aromatic carbocycles. The highest BCUT2D eigenvalue weighted by Crippen LogP contribution is 2.30. The fraction of sp³-hybridized carbons (Fsp3) is 0.625. The second-order valence-electron chi connectivity index (χ2n) is 5.88. The van der Waals surface area contributed by atoms with Crippen LogP contribution in [0.2, 0.25) is 15.1 Å². The van der Waals surface area contributed by atoms with Gasteiger partial charge in [-0.15, -0.1) is 0 Å². The summed E-state index contributed by atoms with van der Waals surface area (Å²) in [5.74, 6) is 1.36. The molecule has 0 fully saturated rings. The average molecular weight is 337 g/mol. The molecule has 0 saturated carbocycles. The van der Waals surface area contributed by atoms with E-state index in [0.29, 0.717) is 26.9 Å². The van der Waals surface area contributed by atoms with Crippen molar-refractivity contribution < 1.29 is 0 Å². The first-order chi connectivity index (χ1) is 9.40. The monoisotopic (exact) mass is 335 g/mol. The van der Waals surface area contributed by atoms with Crippen LogP contribution in [-0.4, -0.2) is 13.1 Å². The molecule has 20 heavy (non-hydrogen) atoms. The molecule has 0 aromatic heterocycles. The van der Waals surface area contributed by atoms with Crippen LogP contribution in [0, 0.1) is 11.8 Å². The normalized spacial score (nSPS) is 12.9. The quantitative estimate of drug-likeness (QED) is 0.587. The third-order valence-electron chi connectivity index (χ3n) is 3.36. The predicted octanol–water partition coefficient (Wildman–Crippen LogP) is 5.85. The van der Waals surface area contributed by atoms with Crippen LogP contribution in [0.4, 0.5) is 0 Å². The van der Waals surface area contributed by atoms with Gasteiger partial charge in [0.25, 0.3) is 0 Å². The lowest BCUT2D eigenvalue weighted by Gasteiger charge is -2.14. The average Bonchev–Trinajstić information content (AvgIpc) is 2.33. The third-order valence-corrected chi connectivity index (χ3v) is 4.25. The topological polar surface area (TPSA) is 12.0 Å². The third kappa shape index (κ3) is 6.67. The van der Waals surface area contributed by atoms with Crippen LogP contribution in [0.3, 0.4) is 0 Å². The number of hydrogen-bond acceptors (Lipinski definition) is 1. The molecular weight excluding hydrogens is 313 g/mol. The molecule has 0 spiro atoms. The maximum Gasteiger partial charge on any atom is 0.0467 e. The van der Waals surface area contributed by atoms with E-state index in [1.165, 1.54) is 6.42 Å². The summed E-state index contributed by atoms with van der Waals surface area (Å²) in [6, 6.07) is 3.53. The van der Waals surface area contributed by atoms with Gasteiger partial charge >= 0.3 is 0 Å². The molecule has 1 aromatic rings. The minimum atomic E-state index is 0.592. The summed E-state index contributed by atoms with van der Waals surface area (Å²) in [5.41, 5.74) is 1.01. The first-order valence-electron chi connectivity index (χ1n) is 7.24. The molecule has 1 rings (SSSR count). The van der Waals surface area contributed by atoms with Gasteiger partial charge in [-0.3, -0.25) is 0 Å². The van der Waals surface area contributed by atoms with Crippen molar-refractivity contribution >= 4 is 34.8 Å². The van der Waals surface area contributed by atoms with Crippen molar-refractivity contribution in [2.45, 2.75) is 40.0 Å². The van der Waals surface area contributed by atoms with Gasteiger partial charge < -0.3 is 5.32 Å². The minimum absolute atomic E-state index is 0.592. The summed E-state index contributed by atoms with van der Waals surface area (Å²) in [6.45, 7) is 8.87. The van der Waals surface area contributed by atoms with Crippen LogP contribution in [0.1, 0.15) is 39.2 Å². The second kappa shape index (κ2) is 9.15. The zero-order valence-electron chi connectivity index (χ0n) is 12.5. The summed E-state index contributed by atoms with van der Waals surface area (Å²) in [5, 5.41) is 5.41. The Kier molecular flexibility index (Phi) is 8.28. The zero-order chi connectivity index (χ0) is 15.1. The molecule has 0 radical (unpaired) electrons. The van der Waals surface area contributed by atoms with Crippen molar-refractivity contribution in [1.29, 1.82) is 0 Å². The molecule has 1 N–H and O–H groups in total. The first-order valence-corrected chi connectivity index (χ1v) is 8.37. The standard InChI is InChI=1S/C16H24Cl3N/c1-11(2)10-20-7-6-12(3)4-5-14-15(18)8-13(17)9-16(14)19/h8-9,11-12,20H,4-7,10H2,1-3H3. The molecule has 0 amide bonds. The number of halogens is 3. The van der Waals surface area contributed by atoms with E-state index in [4.69, 9.17) is 34.8 Å². The number of rotatable bonds is 8. The Morgan fingerprint density at radius 1 is 1.00 bits per heavy atom. The van der Waals surface area contributed by atoms with Gasteiger partial charge in [0.1, 0.15) is 0 Å².